The fourth-order valence-electron chi connectivity index (χ4n) is 4.37. The summed E-state index contributed by atoms with van der Waals surface area (Å²) >= 11 is 1.78. The Hall–Kier alpha value is -2.51. The molecule has 1 fully saturated rings. The van der Waals surface area contributed by atoms with Crippen molar-refractivity contribution >= 4 is 29.1 Å². The van der Waals surface area contributed by atoms with E-state index in [1.807, 2.05) is 6.92 Å². The highest BCUT2D eigenvalue weighted by Gasteiger charge is 2.35. The fraction of sp³-hybridized carbons (Fsp3) is 0.458. The maximum atomic E-state index is 12.7. The molecule has 0 aliphatic carbocycles. The van der Waals surface area contributed by atoms with Crippen LogP contribution in [-0.4, -0.2) is 53.7 Å². The van der Waals surface area contributed by atoms with Crippen LogP contribution in [0.5, 0.6) is 0 Å². The van der Waals surface area contributed by atoms with Crippen LogP contribution in [-0.2, 0) is 6.54 Å². The molecule has 4 rings (SSSR count). The van der Waals surface area contributed by atoms with Gasteiger partial charge in [0, 0.05) is 36.6 Å². The summed E-state index contributed by atoms with van der Waals surface area (Å²) in [7, 11) is 0. The molecule has 1 atom stereocenters. The van der Waals surface area contributed by atoms with E-state index in [-0.39, 0.29) is 17.7 Å². The van der Waals surface area contributed by atoms with E-state index in [1.54, 1.807) is 29.5 Å². The molecule has 0 radical (unpaired) electrons. The van der Waals surface area contributed by atoms with Crippen LogP contribution in [0.3, 0.4) is 0 Å². The molecule has 3 heterocycles. The van der Waals surface area contributed by atoms with Crippen molar-refractivity contribution in [3.8, 4) is 0 Å². The van der Waals surface area contributed by atoms with E-state index in [0.29, 0.717) is 35.7 Å². The van der Waals surface area contributed by atoms with Crippen molar-refractivity contribution in [3.05, 3.63) is 57.3 Å². The third-order valence-corrected chi connectivity index (χ3v) is 6.94. The lowest BCUT2D eigenvalue weighted by Crippen LogP contribution is -2.40. The van der Waals surface area contributed by atoms with E-state index in [2.05, 4.69) is 27.7 Å². The maximum Gasteiger partial charge on any atom is 0.261 e. The van der Waals surface area contributed by atoms with E-state index in [4.69, 9.17) is 0 Å². The Kier molecular flexibility index (Phi) is 6.83. The number of hydrogen-bond donors (Lipinski definition) is 1. The number of rotatable bonds is 8. The minimum Gasteiger partial charge on any atom is -0.352 e. The number of piperidine rings is 1. The van der Waals surface area contributed by atoms with Crippen LogP contribution in [0.15, 0.2) is 35.7 Å². The molecule has 1 aromatic carbocycles. The number of fused-ring (bicyclic) bond motifs is 1. The van der Waals surface area contributed by atoms with E-state index < -0.39 is 0 Å². The molecule has 6 nitrogen and oxygen atoms in total. The van der Waals surface area contributed by atoms with E-state index in [1.165, 1.54) is 9.78 Å². The smallest absolute Gasteiger partial charge is 0.261 e. The van der Waals surface area contributed by atoms with Crippen LogP contribution in [0.4, 0.5) is 0 Å². The van der Waals surface area contributed by atoms with Gasteiger partial charge in [0.05, 0.1) is 11.1 Å². The average molecular weight is 440 g/mol. The molecular weight excluding hydrogens is 410 g/mol. The second kappa shape index (κ2) is 9.75. The van der Waals surface area contributed by atoms with Gasteiger partial charge in [-0.2, -0.15) is 0 Å². The molecule has 2 aromatic rings. The summed E-state index contributed by atoms with van der Waals surface area (Å²) in [6.07, 6.45) is 3.93. The molecule has 1 N–H and O–H groups in total. The van der Waals surface area contributed by atoms with Gasteiger partial charge in [-0.25, -0.2) is 0 Å². The molecule has 31 heavy (non-hydrogen) atoms. The van der Waals surface area contributed by atoms with Gasteiger partial charge in [-0.3, -0.25) is 24.2 Å². The topological polar surface area (TPSA) is 69.7 Å². The van der Waals surface area contributed by atoms with Gasteiger partial charge < -0.3 is 5.32 Å². The van der Waals surface area contributed by atoms with Crippen LogP contribution < -0.4 is 5.32 Å². The first-order valence-electron chi connectivity index (χ1n) is 11.1. The van der Waals surface area contributed by atoms with E-state index in [0.717, 1.165) is 45.3 Å². The molecule has 0 bridgehead atoms. The quantitative estimate of drug-likeness (QED) is 0.636. The number of carbonyl (C=O) groups excluding carboxylic acids is 3. The largest absolute Gasteiger partial charge is 0.352 e. The van der Waals surface area contributed by atoms with Crippen LogP contribution in [0.25, 0.3) is 0 Å². The van der Waals surface area contributed by atoms with Gasteiger partial charge in [-0.1, -0.05) is 19.4 Å². The van der Waals surface area contributed by atoms with Crippen molar-refractivity contribution < 1.29 is 14.4 Å². The highest BCUT2D eigenvalue weighted by atomic mass is 32.1. The minimum absolute atomic E-state index is 0.189. The Labute approximate surface area is 187 Å². The fourth-order valence-corrected chi connectivity index (χ4v) is 5.12. The first kappa shape index (κ1) is 21.7. The highest BCUT2D eigenvalue weighted by molar-refractivity contribution is 7.09. The molecule has 0 spiro atoms. The molecule has 164 valence electrons. The van der Waals surface area contributed by atoms with Crippen molar-refractivity contribution in [2.24, 2.45) is 5.92 Å². The Bertz CT molecular complexity index is 957. The molecule has 0 saturated carbocycles. The summed E-state index contributed by atoms with van der Waals surface area (Å²) in [6, 6.07) is 9.08. The highest BCUT2D eigenvalue weighted by Crippen LogP contribution is 2.25. The number of amides is 3. The summed E-state index contributed by atoms with van der Waals surface area (Å²) in [6.45, 7) is 6.10. The summed E-state index contributed by atoms with van der Waals surface area (Å²) < 4.78 is 0. The summed E-state index contributed by atoms with van der Waals surface area (Å²) in [4.78, 5) is 43.0. The zero-order valence-corrected chi connectivity index (χ0v) is 18.7. The molecular formula is C24H29N3O3S. The SMILES string of the molecule is CCCCN1C(=O)c2ccc(C(=O)NCC3CCCN(Cc4cccs4)C3)cc2C1=O. The monoisotopic (exact) mass is 439 g/mol. The van der Waals surface area contributed by atoms with Gasteiger partial charge in [-0.15, -0.1) is 11.3 Å². The number of thiophene rings is 1. The zero-order chi connectivity index (χ0) is 21.8. The van der Waals surface area contributed by atoms with Gasteiger partial charge in [0.15, 0.2) is 0 Å². The lowest BCUT2D eigenvalue weighted by molar-refractivity contribution is 0.0652. The van der Waals surface area contributed by atoms with Crippen molar-refractivity contribution in [2.75, 3.05) is 26.2 Å². The molecule has 2 aliphatic heterocycles. The number of hydrogen-bond acceptors (Lipinski definition) is 5. The lowest BCUT2D eigenvalue weighted by Gasteiger charge is -2.32. The number of carbonyl (C=O) groups is 3. The van der Waals surface area contributed by atoms with Crippen LogP contribution >= 0.6 is 11.3 Å². The Balaban J connectivity index is 1.34. The molecule has 1 saturated heterocycles. The third kappa shape index (κ3) is 4.88. The second-order valence-corrected chi connectivity index (χ2v) is 9.44. The maximum absolute atomic E-state index is 12.7. The van der Waals surface area contributed by atoms with Crippen molar-refractivity contribution in [1.82, 2.24) is 15.1 Å². The number of nitrogens with zero attached hydrogens (tertiary/aromatic N) is 2. The predicted molar refractivity (Wildman–Crippen MR) is 121 cm³/mol. The van der Waals surface area contributed by atoms with E-state index in [9.17, 15) is 14.4 Å². The van der Waals surface area contributed by atoms with Gasteiger partial charge in [-0.05, 0) is 61.4 Å². The number of likely N-dealkylation sites (tertiary alicyclic amines) is 1. The third-order valence-electron chi connectivity index (χ3n) is 6.08. The molecule has 2 aliphatic rings. The normalized spacial score (nSPS) is 19.0. The predicted octanol–water partition coefficient (Wildman–Crippen LogP) is 3.79. The molecule has 1 aromatic heterocycles. The van der Waals surface area contributed by atoms with E-state index >= 15 is 0 Å². The molecule has 3 amide bonds. The Morgan fingerprint density at radius 3 is 2.81 bits per heavy atom. The second-order valence-electron chi connectivity index (χ2n) is 8.41. The Morgan fingerprint density at radius 2 is 2.03 bits per heavy atom. The van der Waals surface area contributed by atoms with Gasteiger partial charge in [0.2, 0.25) is 0 Å². The van der Waals surface area contributed by atoms with Gasteiger partial charge >= 0.3 is 0 Å². The number of benzene rings is 1. The van der Waals surface area contributed by atoms with Crippen molar-refractivity contribution in [2.45, 2.75) is 39.2 Å². The van der Waals surface area contributed by atoms with Crippen LogP contribution in [0.2, 0.25) is 0 Å². The summed E-state index contributed by atoms with van der Waals surface area (Å²) in [5.74, 6) is -0.321. The van der Waals surface area contributed by atoms with Crippen molar-refractivity contribution in [1.29, 1.82) is 0 Å². The number of nitrogens with one attached hydrogen (secondary N) is 1. The minimum atomic E-state index is -0.292. The van der Waals surface area contributed by atoms with Gasteiger partial charge in [0.25, 0.3) is 17.7 Å². The van der Waals surface area contributed by atoms with Crippen LogP contribution in [0, 0.1) is 5.92 Å². The first-order chi connectivity index (χ1) is 15.1. The standard InChI is InChI=1S/C24H29N3O3S/c1-2-3-11-27-23(29)20-9-8-18(13-21(20)24(27)30)22(28)25-14-17-6-4-10-26(15-17)16-19-7-5-12-31-19/h5,7-9,12-13,17H,2-4,6,10-11,14-16H2,1H3,(H,25,28). The van der Waals surface area contributed by atoms with Crippen LogP contribution in [0.1, 0.15) is 68.6 Å². The molecule has 1 unspecified atom stereocenters. The zero-order valence-electron chi connectivity index (χ0n) is 17.9. The first-order valence-corrected chi connectivity index (χ1v) is 12.0. The van der Waals surface area contributed by atoms with Gasteiger partial charge in [0.1, 0.15) is 0 Å². The summed E-state index contributed by atoms with van der Waals surface area (Å²) in [5, 5.41) is 5.14. The molecule has 7 heteroatoms. The number of imide groups is 1. The van der Waals surface area contributed by atoms with Crippen molar-refractivity contribution in [3.63, 3.8) is 0 Å². The summed E-state index contributed by atoms with van der Waals surface area (Å²) in [5.41, 5.74) is 1.17. The lowest BCUT2D eigenvalue weighted by atomic mass is 9.97. The average Bonchev–Trinajstić information content (AvgIpc) is 3.37. The Morgan fingerprint density at radius 1 is 1.19 bits per heavy atom. The number of unbranched alkanes of at least 4 members (excludes halogenated alkanes) is 1.